The lowest BCUT2D eigenvalue weighted by molar-refractivity contribution is 0.276. The van der Waals surface area contributed by atoms with Crippen molar-refractivity contribution >= 4 is 0 Å². The average molecular weight is 257 g/mol. The maximum Gasteiger partial charge on any atom is 0.151 e. The molecule has 1 aromatic carbocycles. The van der Waals surface area contributed by atoms with Crippen molar-refractivity contribution in [3.63, 3.8) is 0 Å². The molecule has 1 aromatic heterocycles. The van der Waals surface area contributed by atoms with Gasteiger partial charge in [-0.3, -0.25) is 4.98 Å². The zero-order valence-corrected chi connectivity index (χ0v) is 11.6. The van der Waals surface area contributed by atoms with Crippen LogP contribution in [0.3, 0.4) is 0 Å². The van der Waals surface area contributed by atoms with Crippen LogP contribution in [0.5, 0.6) is 11.5 Å². The van der Waals surface area contributed by atoms with Gasteiger partial charge < -0.3 is 9.84 Å². The van der Waals surface area contributed by atoms with Crippen LogP contribution in [0.25, 0.3) is 0 Å². The summed E-state index contributed by atoms with van der Waals surface area (Å²) in [6.45, 7) is 6.25. The molecule has 0 aliphatic heterocycles. The number of aliphatic hydroxyl groups excluding tert-OH is 1. The highest BCUT2D eigenvalue weighted by molar-refractivity contribution is 5.42. The number of aryl methyl sites for hydroxylation is 1. The molecule has 0 atom stereocenters. The standard InChI is InChI=1S/C16H19NO2/c1-11(2)13-5-4-12(3)15(8-13)19-16-9-17-7-6-14(16)10-18/h4-9,11,18H,10H2,1-3H3. The summed E-state index contributed by atoms with van der Waals surface area (Å²) in [5.41, 5.74) is 3.04. The largest absolute Gasteiger partial charge is 0.455 e. The summed E-state index contributed by atoms with van der Waals surface area (Å²) in [6.07, 6.45) is 3.28. The van der Waals surface area contributed by atoms with Crippen molar-refractivity contribution in [1.82, 2.24) is 4.98 Å². The van der Waals surface area contributed by atoms with Crippen molar-refractivity contribution in [3.05, 3.63) is 53.3 Å². The Bertz CT molecular complexity index is 564. The van der Waals surface area contributed by atoms with Crippen LogP contribution in [0, 0.1) is 6.92 Å². The topological polar surface area (TPSA) is 42.4 Å². The number of rotatable bonds is 4. The second kappa shape index (κ2) is 5.85. The van der Waals surface area contributed by atoms with E-state index in [1.54, 1.807) is 18.5 Å². The fourth-order valence-corrected chi connectivity index (χ4v) is 1.84. The van der Waals surface area contributed by atoms with Gasteiger partial charge in [-0.1, -0.05) is 26.0 Å². The third-order valence-electron chi connectivity index (χ3n) is 3.14. The Morgan fingerprint density at radius 2 is 2.00 bits per heavy atom. The van der Waals surface area contributed by atoms with Gasteiger partial charge in [0.15, 0.2) is 5.75 Å². The molecule has 0 amide bonds. The molecule has 0 spiro atoms. The predicted molar refractivity (Wildman–Crippen MR) is 75.5 cm³/mol. The first-order chi connectivity index (χ1) is 9.11. The van der Waals surface area contributed by atoms with Crippen LogP contribution >= 0.6 is 0 Å². The molecule has 0 radical (unpaired) electrons. The lowest BCUT2D eigenvalue weighted by Gasteiger charge is -2.14. The number of hydrogen-bond donors (Lipinski definition) is 1. The molecule has 0 aliphatic rings. The summed E-state index contributed by atoms with van der Waals surface area (Å²) in [5, 5.41) is 9.30. The molecule has 1 N–H and O–H groups in total. The van der Waals surface area contributed by atoms with Gasteiger partial charge in [0.25, 0.3) is 0 Å². The Kier molecular flexibility index (Phi) is 4.17. The van der Waals surface area contributed by atoms with E-state index in [0.717, 1.165) is 16.9 Å². The van der Waals surface area contributed by atoms with Crippen molar-refractivity contribution in [2.45, 2.75) is 33.3 Å². The van der Waals surface area contributed by atoms with Gasteiger partial charge in [0.05, 0.1) is 12.8 Å². The second-order valence-corrected chi connectivity index (χ2v) is 4.92. The number of pyridine rings is 1. The molecular formula is C16H19NO2. The van der Waals surface area contributed by atoms with E-state index in [-0.39, 0.29) is 6.61 Å². The van der Waals surface area contributed by atoms with Crippen molar-refractivity contribution in [2.75, 3.05) is 0 Å². The molecule has 1 heterocycles. The second-order valence-electron chi connectivity index (χ2n) is 4.92. The van der Waals surface area contributed by atoms with Crippen molar-refractivity contribution in [1.29, 1.82) is 0 Å². The van der Waals surface area contributed by atoms with Gasteiger partial charge in [0.2, 0.25) is 0 Å². The van der Waals surface area contributed by atoms with Crippen LogP contribution in [0.1, 0.15) is 36.5 Å². The minimum Gasteiger partial charge on any atom is -0.455 e. The maximum absolute atomic E-state index is 9.30. The highest BCUT2D eigenvalue weighted by Gasteiger charge is 2.08. The summed E-state index contributed by atoms with van der Waals surface area (Å²) in [4.78, 5) is 4.04. The first-order valence-corrected chi connectivity index (χ1v) is 6.44. The zero-order valence-electron chi connectivity index (χ0n) is 11.6. The summed E-state index contributed by atoms with van der Waals surface area (Å²) in [5.74, 6) is 1.87. The molecular weight excluding hydrogens is 238 g/mol. The van der Waals surface area contributed by atoms with Crippen LogP contribution < -0.4 is 4.74 Å². The first kappa shape index (κ1) is 13.6. The van der Waals surface area contributed by atoms with E-state index in [9.17, 15) is 5.11 Å². The third kappa shape index (κ3) is 3.12. The van der Waals surface area contributed by atoms with E-state index in [1.165, 1.54) is 5.56 Å². The number of aliphatic hydroxyl groups is 1. The molecule has 19 heavy (non-hydrogen) atoms. The molecule has 2 rings (SSSR count). The number of benzene rings is 1. The molecule has 0 saturated carbocycles. The predicted octanol–water partition coefficient (Wildman–Crippen LogP) is 3.80. The molecule has 100 valence electrons. The Balaban J connectivity index is 2.34. The molecule has 0 bridgehead atoms. The fourth-order valence-electron chi connectivity index (χ4n) is 1.84. The third-order valence-corrected chi connectivity index (χ3v) is 3.14. The molecule has 3 nitrogen and oxygen atoms in total. The minimum absolute atomic E-state index is 0.0548. The van der Waals surface area contributed by atoms with E-state index in [2.05, 4.69) is 31.0 Å². The van der Waals surface area contributed by atoms with Crippen LogP contribution in [0.2, 0.25) is 0 Å². The monoisotopic (exact) mass is 257 g/mol. The summed E-state index contributed by atoms with van der Waals surface area (Å²) in [7, 11) is 0. The van der Waals surface area contributed by atoms with Gasteiger partial charge in [-0.2, -0.15) is 0 Å². The molecule has 0 saturated heterocycles. The van der Waals surface area contributed by atoms with Crippen molar-refractivity contribution < 1.29 is 9.84 Å². The average Bonchev–Trinajstić information content (AvgIpc) is 2.41. The van der Waals surface area contributed by atoms with E-state index in [1.807, 2.05) is 13.0 Å². The van der Waals surface area contributed by atoms with Crippen molar-refractivity contribution in [3.8, 4) is 11.5 Å². The van der Waals surface area contributed by atoms with Crippen LogP contribution in [-0.4, -0.2) is 10.1 Å². The Morgan fingerprint density at radius 3 is 2.68 bits per heavy atom. The van der Waals surface area contributed by atoms with Gasteiger partial charge in [-0.05, 0) is 36.1 Å². The zero-order chi connectivity index (χ0) is 13.8. The highest BCUT2D eigenvalue weighted by atomic mass is 16.5. The van der Waals surface area contributed by atoms with E-state index >= 15 is 0 Å². The number of hydrogen-bond acceptors (Lipinski definition) is 3. The number of ether oxygens (including phenoxy) is 1. The van der Waals surface area contributed by atoms with Crippen molar-refractivity contribution in [2.24, 2.45) is 0 Å². The van der Waals surface area contributed by atoms with Crippen LogP contribution in [0.15, 0.2) is 36.7 Å². The minimum atomic E-state index is -0.0548. The van der Waals surface area contributed by atoms with E-state index in [4.69, 9.17) is 4.74 Å². The number of nitrogens with zero attached hydrogens (tertiary/aromatic N) is 1. The van der Waals surface area contributed by atoms with Gasteiger partial charge in [0.1, 0.15) is 5.75 Å². The van der Waals surface area contributed by atoms with Gasteiger partial charge in [-0.25, -0.2) is 0 Å². The fraction of sp³-hybridized carbons (Fsp3) is 0.312. The Labute approximate surface area is 113 Å². The summed E-state index contributed by atoms with van der Waals surface area (Å²) in [6, 6.07) is 7.98. The molecule has 0 unspecified atom stereocenters. The first-order valence-electron chi connectivity index (χ1n) is 6.44. The molecule has 0 fully saturated rings. The normalized spacial score (nSPS) is 10.8. The summed E-state index contributed by atoms with van der Waals surface area (Å²) >= 11 is 0. The van der Waals surface area contributed by atoms with Crippen LogP contribution in [-0.2, 0) is 6.61 Å². The SMILES string of the molecule is Cc1ccc(C(C)C)cc1Oc1cnccc1CO. The summed E-state index contributed by atoms with van der Waals surface area (Å²) < 4.78 is 5.90. The number of aromatic nitrogens is 1. The molecule has 0 aliphatic carbocycles. The van der Waals surface area contributed by atoms with Gasteiger partial charge in [0, 0.05) is 11.8 Å². The van der Waals surface area contributed by atoms with E-state index in [0.29, 0.717) is 11.7 Å². The Morgan fingerprint density at radius 1 is 1.21 bits per heavy atom. The van der Waals surface area contributed by atoms with E-state index < -0.39 is 0 Å². The van der Waals surface area contributed by atoms with Crippen LogP contribution in [0.4, 0.5) is 0 Å². The van der Waals surface area contributed by atoms with Gasteiger partial charge in [-0.15, -0.1) is 0 Å². The smallest absolute Gasteiger partial charge is 0.151 e. The van der Waals surface area contributed by atoms with Gasteiger partial charge >= 0.3 is 0 Å². The highest BCUT2D eigenvalue weighted by Crippen LogP contribution is 2.30. The molecule has 2 aromatic rings. The Hall–Kier alpha value is -1.87. The molecule has 3 heteroatoms. The maximum atomic E-state index is 9.30. The quantitative estimate of drug-likeness (QED) is 0.906. The lowest BCUT2D eigenvalue weighted by atomic mass is 10.0. The lowest BCUT2D eigenvalue weighted by Crippen LogP contribution is -1.96.